The van der Waals surface area contributed by atoms with Crippen molar-refractivity contribution in [1.29, 1.82) is 0 Å². The Balaban J connectivity index is 1.62. The number of aromatic carboxylic acids is 2. The maximum absolute atomic E-state index is 13.1. The number of thioether (sulfide) groups is 1. The van der Waals surface area contributed by atoms with Crippen molar-refractivity contribution in [3.8, 4) is 0 Å². The van der Waals surface area contributed by atoms with Gasteiger partial charge in [0.1, 0.15) is 0 Å². The minimum Gasteiger partial charge on any atom is -0.478 e. The number of anilines is 2. The van der Waals surface area contributed by atoms with Gasteiger partial charge in [-0.25, -0.2) is 9.59 Å². The molecule has 0 saturated heterocycles. The van der Waals surface area contributed by atoms with Crippen LogP contribution < -0.4 is 10.6 Å². The summed E-state index contributed by atoms with van der Waals surface area (Å²) >= 11 is 1.06. The van der Waals surface area contributed by atoms with Crippen LogP contribution in [0.4, 0.5) is 24.5 Å². The first-order valence-electron chi connectivity index (χ1n) is 10.1. The third-order valence-corrected chi connectivity index (χ3v) is 5.74. The molecular formula is C24H17F3N2O6S. The molecule has 0 aliphatic rings. The number of hydrogen-bond donors (Lipinski definition) is 4. The summed E-state index contributed by atoms with van der Waals surface area (Å²) in [6.07, 6.45) is -4.61. The quantitative estimate of drug-likeness (QED) is 0.306. The molecule has 8 nitrogen and oxygen atoms in total. The largest absolute Gasteiger partial charge is 0.478 e. The molecule has 2 amide bonds. The van der Waals surface area contributed by atoms with Crippen molar-refractivity contribution >= 4 is 46.9 Å². The Morgan fingerprint density at radius 3 is 2.08 bits per heavy atom. The van der Waals surface area contributed by atoms with Crippen molar-refractivity contribution in [2.24, 2.45) is 0 Å². The Morgan fingerprint density at radius 2 is 1.47 bits per heavy atom. The molecule has 36 heavy (non-hydrogen) atoms. The fraction of sp³-hybridized carbons (Fsp3) is 0.0833. The summed E-state index contributed by atoms with van der Waals surface area (Å²) < 4.78 is 39.2. The molecule has 0 spiro atoms. The monoisotopic (exact) mass is 518 g/mol. The van der Waals surface area contributed by atoms with Crippen molar-refractivity contribution in [3.05, 3.63) is 89.0 Å². The summed E-state index contributed by atoms with van der Waals surface area (Å²) in [4.78, 5) is 47.8. The zero-order valence-corrected chi connectivity index (χ0v) is 18.9. The summed E-state index contributed by atoms with van der Waals surface area (Å²) in [5.41, 5.74) is -1.99. The van der Waals surface area contributed by atoms with Crippen molar-refractivity contribution in [2.75, 3.05) is 16.4 Å². The number of para-hydroxylation sites is 1. The molecule has 12 heteroatoms. The Morgan fingerprint density at radius 1 is 0.806 bits per heavy atom. The Bertz CT molecular complexity index is 1330. The van der Waals surface area contributed by atoms with Gasteiger partial charge in [-0.1, -0.05) is 12.1 Å². The van der Waals surface area contributed by atoms with Gasteiger partial charge in [0.05, 0.1) is 33.7 Å². The summed E-state index contributed by atoms with van der Waals surface area (Å²) in [5.74, 6) is -4.38. The van der Waals surface area contributed by atoms with Crippen LogP contribution in [0.1, 0.15) is 36.6 Å². The second-order valence-electron chi connectivity index (χ2n) is 7.23. The van der Waals surface area contributed by atoms with Crippen LogP contribution in [0.25, 0.3) is 0 Å². The Labute approximate surface area is 206 Å². The van der Waals surface area contributed by atoms with Crippen LogP contribution in [0.2, 0.25) is 0 Å². The molecule has 0 fully saturated rings. The molecule has 0 atom stereocenters. The number of halogens is 3. The Kier molecular flexibility index (Phi) is 8.00. The molecule has 0 aromatic heterocycles. The van der Waals surface area contributed by atoms with Crippen LogP contribution in [0.15, 0.2) is 71.6 Å². The van der Waals surface area contributed by atoms with Gasteiger partial charge in [-0.3, -0.25) is 9.59 Å². The van der Waals surface area contributed by atoms with Crippen LogP contribution in [-0.4, -0.2) is 39.7 Å². The van der Waals surface area contributed by atoms with Gasteiger partial charge < -0.3 is 20.8 Å². The van der Waals surface area contributed by atoms with Crippen LogP contribution in [0.3, 0.4) is 0 Å². The highest BCUT2D eigenvalue weighted by Gasteiger charge is 2.33. The van der Waals surface area contributed by atoms with Gasteiger partial charge in [0.2, 0.25) is 5.91 Å². The van der Waals surface area contributed by atoms with E-state index in [2.05, 4.69) is 10.6 Å². The minimum absolute atomic E-state index is 0.171. The van der Waals surface area contributed by atoms with Crippen molar-refractivity contribution in [2.45, 2.75) is 11.1 Å². The maximum atomic E-state index is 13.1. The van der Waals surface area contributed by atoms with Crippen molar-refractivity contribution in [1.82, 2.24) is 0 Å². The maximum Gasteiger partial charge on any atom is 0.418 e. The molecule has 4 N–H and O–H groups in total. The molecule has 0 aliphatic carbocycles. The van der Waals surface area contributed by atoms with Crippen LogP contribution in [0, 0.1) is 0 Å². The zero-order chi connectivity index (χ0) is 26.5. The highest BCUT2D eigenvalue weighted by Crippen LogP contribution is 2.34. The molecule has 0 unspecified atom stereocenters. The number of benzene rings is 3. The van der Waals surface area contributed by atoms with E-state index in [4.69, 9.17) is 5.11 Å². The number of carbonyl (C=O) groups is 4. The lowest BCUT2D eigenvalue weighted by molar-refractivity contribution is -0.137. The predicted octanol–water partition coefficient (Wildman–Crippen LogP) is 5.08. The average Bonchev–Trinajstić information content (AvgIpc) is 2.82. The van der Waals surface area contributed by atoms with Gasteiger partial charge in [-0.15, -0.1) is 11.8 Å². The van der Waals surface area contributed by atoms with E-state index in [0.717, 1.165) is 42.1 Å². The van der Waals surface area contributed by atoms with Crippen LogP contribution >= 0.6 is 11.8 Å². The topological polar surface area (TPSA) is 133 Å². The van der Waals surface area contributed by atoms with Gasteiger partial charge in [-0.2, -0.15) is 13.2 Å². The second kappa shape index (κ2) is 11.0. The van der Waals surface area contributed by atoms with E-state index in [0.29, 0.717) is 10.6 Å². The standard InChI is InChI=1S/C24H17F3N2O6S/c25-24(26,27)18-3-1-2-4-19(18)29-20(30)12-36-15-8-6-14(7-9-15)28-21(31)16-10-5-13(22(32)33)11-17(16)23(34)35/h1-11H,12H2,(H,28,31)(H,29,30)(H,32,33)(H,34,35). The van der Waals surface area contributed by atoms with E-state index >= 15 is 0 Å². The second-order valence-corrected chi connectivity index (χ2v) is 8.28. The zero-order valence-electron chi connectivity index (χ0n) is 18.1. The minimum atomic E-state index is -4.61. The summed E-state index contributed by atoms with van der Waals surface area (Å²) in [5, 5.41) is 23.1. The number of hydrogen-bond acceptors (Lipinski definition) is 5. The lowest BCUT2D eigenvalue weighted by Gasteiger charge is -2.13. The van der Waals surface area contributed by atoms with E-state index < -0.39 is 41.1 Å². The number of carboxylic acid groups (broad SMARTS) is 2. The molecule has 0 heterocycles. The first kappa shape index (κ1) is 26.3. The highest BCUT2D eigenvalue weighted by molar-refractivity contribution is 8.00. The summed E-state index contributed by atoms with van der Waals surface area (Å²) in [6, 6.07) is 13.8. The SMILES string of the molecule is O=C(CSc1ccc(NC(=O)c2ccc(C(=O)O)cc2C(=O)O)cc1)Nc1ccccc1C(F)(F)F. The number of carbonyl (C=O) groups excluding carboxylic acids is 2. The average molecular weight is 518 g/mol. The van der Waals surface area contributed by atoms with Gasteiger partial charge in [-0.05, 0) is 54.6 Å². The van der Waals surface area contributed by atoms with E-state index in [1.54, 1.807) is 12.1 Å². The lowest BCUT2D eigenvalue weighted by atomic mass is 10.0. The van der Waals surface area contributed by atoms with Gasteiger partial charge in [0.25, 0.3) is 5.91 Å². The van der Waals surface area contributed by atoms with Gasteiger partial charge in [0, 0.05) is 10.6 Å². The Hall–Kier alpha value is -4.32. The van der Waals surface area contributed by atoms with Gasteiger partial charge >= 0.3 is 18.1 Å². The molecule has 3 aromatic rings. The molecule has 0 bridgehead atoms. The van der Waals surface area contributed by atoms with Crippen molar-refractivity contribution in [3.63, 3.8) is 0 Å². The molecule has 3 aromatic carbocycles. The highest BCUT2D eigenvalue weighted by atomic mass is 32.2. The summed E-state index contributed by atoms with van der Waals surface area (Å²) in [6.45, 7) is 0. The number of rotatable bonds is 8. The smallest absolute Gasteiger partial charge is 0.418 e. The molecule has 3 rings (SSSR count). The van der Waals surface area contributed by atoms with E-state index in [1.165, 1.54) is 24.3 Å². The fourth-order valence-corrected chi connectivity index (χ4v) is 3.76. The summed E-state index contributed by atoms with van der Waals surface area (Å²) in [7, 11) is 0. The van der Waals surface area contributed by atoms with Crippen LogP contribution in [0.5, 0.6) is 0 Å². The number of carboxylic acids is 2. The van der Waals surface area contributed by atoms with E-state index in [1.807, 2.05) is 0 Å². The number of nitrogens with one attached hydrogen (secondary N) is 2. The molecule has 0 radical (unpaired) electrons. The molecule has 0 aliphatic heterocycles. The third kappa shape index (κ3) is 6.63. The third-order valence-electron chi connectivity index (χ3n) is 4.73. The first-order valence-corrected chi connectivity index (χ1v) is 11.0. The molecular weight excluding hydrogens is 501 g/mol. The predicted molar refractivity (Wildman–Crippen MR) is 126 cm³/mol. The van der Waals surface area contributed by atoms with Gasteiger partial charge in [0.15, 0.2) is 0 Å². The van der Waals surface area contributed by atoms with E-state index in [9.17, 15) is 37.5 Å². The van der Waals surface area contributed by atoms with Crippen LogP contribution in [-0.2, 0) is 11.0 Å². The van der Waals surface area contributed by atoms with E-state index in [-0.39, 0.29) is 22.6 Å². The molecule has 0 saturated carbocycles. The number of amides is 2. The normalized spacial score (nSPS) is 11.0. The fourth-order valence-electron chi connectivity index (χ4n) is 3.06. The first-order chi connectivity index (χ1) is 17.0. The van der Waals surface area contributed by atoms with Crippen molar-refractivity contribution < 1.29 is 42.6 Å². The molecule has 186 valence electrons. The number of alkyl halides is 3. The lowest BCUT2D eigenvalue weighted by Crippen LogP contribution is -2.18.